The van der Waals surface area contributed by atoms with Crippen LogP contribution >= 0.6 is 15.9 Å². The van der Waals surface area contributed by atoms with Gasteiger partial charge in [-0.2, -0.15) is 0 Å². The van der Waals surface area contributed by atoms with Crippen LogP contribution in [0.25, 0.3) is 5.73 Å². The van der Waals surface area contributed by atoms with Crippen LogP contribution in [0.3, 0.4) is 0 Å². The molecule has 45 valence electrons. The number of halogens is 1. The number of carbonyl (C=O) groups excluding carboxylic acids is 1. The van der Waals surface area contributed by atoms with Gasteiger partial charge in [-0.3, -0.25) is 0 Å². The molecular weight excluding hydrogens is 385 g/mol. The summed E-state index contributed by atoms with van der Waals surface area (Å²) < 4.78 is 0. The molecule has 0 aliphatic rings. The molecule has 0 amide bonds. The Bertz CT molecular complexity index is 76.4. The Kier molecular flexibility index (Phi) is 10.2. The normalized spacial score (nSPS) is 11.9. The summed E-state index contributed by atoms with van der Waals surface area (Å²) in [6, 6.07) is -0.570. The molecule has 0 spiro atoms. The van der Waals surface area contributed by atoms with E-state index in [1.807, 2.05) is 0 Å². The standard InChI is InChI=1S/C4H7BrNO.Ac/c1-3(6)4(7)2-5;/h3,6H,2H2,1H3;/q-1;. The van der Waals surface area contributed by atoms with Crippen LogP contribution in [0.5, 0.6) is 0 Å². The Balaban J connectivity index is 0. The van der Waals surface area contributed by atoms with Gasteiger partial charge in [-0.05, 0) is 0 Å². The van der Waals surface area contributed by atoms with E-state index >= 15 is 0 Å². The molecule has 0 aromatic heterocycles. The third-order valence-corrected chi connectivity index (χ3v) is 1.17. The fourth-order valence-corrected chi connectivity index (χ4v) is 0.601. The average molecular weight is 392 g/mol. The Labute approximate surface area is 93.3 Å². The largest absolute Gasteiger partial charge is 0.669 e. The number of Topliss-reactive ketones (excluding diaryl/α,β-unsaturated/α-hetero) is 1. The van der Waals surface area contributed by atoms with E-state index in [0.29, 0.717) is 5.33 Å². The van der Waals surface area contributed by atoms with Gasteiger partial charge in [-0.15, -0.1) is 0 Å². The summed E-state index contributed by atoms with van der Waals surface area (Å²) in [5, 5.41) is 0.303. The van der Waals surface area contributed by atoms with E-state index in [4.69, 9.17) is 5.73 Å². The van der Waals surface area contributed by atoms with Gasteiger partial charge in [0.1, 0.15) is 5.78 Å². The quantitative estimate of drug-likeness (QED) is 0.656. The maximum atomic E-state index is 10.3. The summed E-state index contributed by atoms with van der Waals surface area (Å²) in [6.45, 7) is 1.56. The number of nitrogens with one attached hydrogen (secondary N) is 1. The minimum atomic E-state index is -0.570. The molecule has 1 unspecified atom stereocenters. The van der Waals surface area contributed by atoms with Gasteiger partial charge in [-0.25, -0.2) is 0 Å². The molecule has 1 N–H and O–H groups in total. The van der Waals surface area contributed by atoms with Crippen LogP contribution in [0.2, 0.25) is 0 Å². The van der Waals surface area contributed by atoms with E-state index in [1.165, 1.54) is 0 Å². The van der Waals surface area contributed by atoms with Crippen LogP contribution in [0.4, 0.5) is 0 Å². The molecule has 0 aliphatic heterocycles. The molecule has 0 bridgehead atoms. The molecule has 0 aliphatic carbocycles. The van der Waals surface area contributed by atoms with Crippen LogP contribution in [0, 0.1) is 44.1 Å². The first-order chi connectivity index (χ1) is 3.18. The SMILES string of the molecule is CC([NH-])C(=O)CBr.[Ac]. The van der Waals surface area contributed by atoms with E-state index < -0.39 is 6.04 Å². The second-order valence-electron chi connectivity index (χ2n) is 1.32. The molecule has 0 heterocycles. The molecule has 8 heavy (non-hydrogen) atoms. The molecule has 2 nitrogen and oxygen atoms in total. The fourth-order valence-electron chi connectivity index (χ4n) is 0.116. The zero-order valence-electron chi connectivity index (χ0n) is 4.65. The van der Waals surface area contributed by atoms with E-state index in [9.17, 15) is 4.79 Å². The first-order valence-electron chi connectivity index (χ1n) is 1.98. The molecule has 0 aromatic rings. The number of rotatable bonds is 2. The van der Waals surface area contributed by atoms with Crippen molar-refractivity contribution in [1.29, 1.82) is 0 Å². The van der Waals surface area contributed by atoms with E-state index in [0.717, 1.165) is 0 Å². The Morgan fingerprint density at radius 1 is 1.88 bits per heavy atom. The zero-order chi connectivity index (χ0) is 5.86. The Morgan fingerprint density at radius 2 is 2.25 bits per heavy atom. The molecular formula is C4H7AcBrNO-. The Hall–Kier alpha value is 1.55. The molecule has 0 fully saturated rings. The first kappa shape index (κ1) is 12.2. The average Bonchev–Trinajstić information content (AvgIpc) is 1.65. The summed E-state index contributed by atoms with van der Waals surface area (Å²) in [5.74, 6) is -0.0694. The number of carbonyl (C=O) groups is 1. The van der Waals surface area contributed by atoms with Gasteiger partial charge in [-0.1, -0.05) is 28.9 Å². The third-order valence-electron chi connectivity index (χ3n) is 0.615. The minimum Gasteiger partial charge on any atom is -0.669 e. The summed E-state index contributed by atoms with van der Waals surface area (Å²) in [6.07, 6.45) is 0. The van der Waals surface area contributed by atoms with Crippen molar-refractivity contribution in [3.8, 4) is 0 Å². The molecule has 0 rings (SSSR count). The fraction of sp³-hybridized carbons (Fsp3) is 0.750. The van der Waals surface area contributed by atoms with E-state index in [2.05, 4.69) is 15.9 Å². The van der Waals surface area contributed by atoms with Crippen molar-refractivity contribution in [2.24, 2.45) is 0 Å². The molecule has 1 atom stereocenters. The van der Waals surface area contributed by atoms with Crippen molar-refractivity contribution in [2.75, 3.05) is 5.33 Å². The second-order valence-corrected chi connectivity index (χ2v) is 1.88. The van der Waals surface area contributed by atoms with Crippen LogP contribution in [-0.4, -0.2) is 17.2 Å². The van der Waals surface area contributed by atoms with Gasteiger partial charge < -0.3 is 10.5 Å². The van der Waals surface area contributed by atoms with Gasteiger partial charge in [0.2, 0.25) is 0 Å². The van der Waals surface area contributed by atoms with Gasteiger partial charge >= 0.3 is 0 Å². The topological polar surface area (TPSA) is 40.9 Å². The number of ketones is 1. The number of alkyl halides is 1. The van der Waals surface area contributed by atoms with Crippen molar-refractivity contribution >= 4 is 21.7 Å². The maximum absolute atomic E-state index is 10.3. The predicted octanol–water partition coefficient (Wildman–Crippen LogP) is 1.39. The zero-order valence-corrected chi connectivity index (χ0v) is 11.0. The van der Waals surface area contributed by atoms with E-state index in [-0.39, 0.29) is 49.8 Å². The molecule has 0 aromatic carbocycles. The van der Waals surface area contributed by atoms with E-state index in [1.54, 1.807) is 6.92 Å². The van der Waals surface area contributed by atoms with Gasteiger partial charge in [0.15, 0.2) is 0 Å². The van der Waals surface area contributed by atoms with Crippen molar-refractivity contribution in [3.05, 3.63) is 5.73 Å². The number of hydrogen-bond acceptors (Lipinski definition) is 1. The van der Waals surface area contributed by atoms with Crippen molar-refractivity contribution in [3.63, 3.8) is 0 Å². The molecule has 1 radical (unpaired) electrons. The van der Waals surface area contributed by atoms with Gasteiger partial charge in [0.25, 0.3) is 0 Å². The molecule has 0 saturated carbocycles. The van der Waals surface area contributed by atoms with Gasteiger partial charge in [0.05, 0.1) is 5.33 Å². The predicted molar refractivity (Wildman–Crippen MR) is 32.6 cm³/mol. The summed E-state index contributed by atoms with van der Waals surface area (Å²) in [4.78, 5) is 10.3. The minimum absolute atomic E-state index is 0. The number of hydrogen-bond donors (Lipinski definition) is 0. The summed E-state index contributed by atoms with van der Waals surface area (Å²) >= 11 is 2.95. The van der Waals surface area contributed by atoms with Gasteiger partial charge in [0, 0.05) is 44.1 Å². The van der Waals surface area contributed by atoms with Crippen molar-refractivity contribution in [1.82, 2.24) is 0 Å². The summed E-state index contributed by atoms with van der Waals surface area (Å²) in [7, 11) is 0. The van der Waals surface area contributed by atoms with Crippen LogP contribution in [-0.2, 0) is 4.79 Å². The molecule has 4 heteroatoms. The third kappa shape index (κ3) is 5.68. The van der Waals surface area contributed by atoms with Crippen LogP contribution < -0.4 is 0 Å². The van der Waals surface area contributed by atoms with Crippen molar-refractivity contribution in [2.45, 2.75) is 13.0 Å². The first-order valence-corrected chi connectivity index (χ1v) is 3.10. The van der Waals surface area contributed by atoms with Crippen LogP contribution in [0.15, 0.2) is 0 Å². The molecule has 0 saturated heterocycles. The van der Waals surface area contributed by atoms with Crippen LogP contribution in [0.1, 0.15) is 6.92 Å². The maximum Gasteiger partial charge on any atom is 0.125 e. The second kappa shape index (κ2) is 6.67. The smallest absolute Gasteiger partial charge is 0.125 e. The summed E-state index contributed by atoms with van der Waals surface area (Å²) in [5.41, 5.74) is 6.80. The van der Waals surface area contributed by atoms with Crippen molar-refractivity contribution < 1.29 is 48.9 Å². The Morgan fingerprint density at radius 3 is 2.25 bits per heavy atom. The monoisotopic (exact) mass is 391 g/mol.